The Kier molecular flexibility index (Phi) is 6.97. The minimum absolute atomic E-state index is 0.0270. The van der Waals surface area contributed by atoms with Gasteiger partial charge in [0.15, 0.2) is 23.1 Å². The van der Waals surface area contributed by atoms with E-state index in [1.807, 2.05) is 12.1 Å². The van der Waals surface area contributed by atoms with Crippen LogP contribution in [0.3, 0.4) is 0 Å². The molecule has 0 bridgehead atoms. The van der Waals surface area contributed by atoms with Crippen LogP contribution in [0.4, 0.5) is 8.78 Å². The van der Waals surface area contributed by atoms with Crippen LogP contribution in [0.5, 0.6) is 11.5 Å². The molecule has 3 aromatic rings. The molecular formula is C22H21F2N5O5. The average molecular weight is 473 g/mol. The Morgan fingerprint density at radius 1 is 1.09 bits per heavy atom. The second-order valence-corrected chi connectivity index (χ2v) is 7.58. The highest BCUT2D eigenvalue weighted by atomic mass is 19.2. The summed E-state index contributed by atoms with van der Waals surface area (Å²) >= 11 is 0. The summed E-state index contributed by atoms with van der Waals surface area (Å²) in [5, 5.41) is 19.6. The lowest BCUT2D eigenvalue weighted by atomic mass is 10.0. The molecule has 0 saturated carbocycles. The van der Waals surface area contributed by atoms with Gasteiger partial charge in [-0.05, 0) is 42.3 Å². The van der Waals surface area contributed by atoms with E-state index in [2.05, 4.69) is 15.6 Å². The number of aromatic nitrogens is 3. The fourth-order valence-corrected chi connectivity index (χ4v) is 3.49. The summed E-state index contributed by atoms with van der Waals surface area (Å²) in [5.74, 6) is -2.14. The first-order chi connectivity index (χ1) is 16.4. The van der Waals surface area contributed by atoms with E-state index in [0.717, 1.165) is 17.7 Å². The summed E-state index contributed by atoms with van der Waals surface area (Å²) in [6.07, 6.45) is 1.84. The Labute approximate surface area is 192 Å². The molecule has 1 aliphatic rings. The van der Waals surface area contributed by atoms with Crippen molar-refractivity contribution in [3.8, 4) is 11.5 Å². The zero-order valence-corrected chi connectivity index (χ0v) is 17.8. The predicted octanol–water partition coefficient (Wildman–Crippen LogP) is 1.94. The van der Waals surface area contributed by atoms with Crippen LogP contribution in [-0.2, 0) is 17.8 Å². The molecule has 0 fully saturated rings. The molecule has 2 aromatic carbocycles. The van der Waals surface area contributed by atoms with Gasteiger partial charge in [0.25, 0.3) is 5.91 Å². The van der Waals surface area contributed by atoms with E-state index in [4.69, 9.17) is 14.7 Å². The number of amides is 2. The number of carbonyl (C=O) groups is 2. The number of benzene rings is 2. The molecule has 2 amide bonds. The van der Waals surface area contributed by atoms with E-state index in [1.54, 1.807) is 17.7 Å². The first-order valence-electron chi connectivity index (χ1n) is 10.4. The van der Waals surface area contributed by atoms with Crippen molar-refractivity contribution in [2.45, 2.75) is 25.4 Å². The normalized spacial score (nSPS) is 13.3. The quantitative estimate of drug-likeness (QED) is 0.337. The van der Waals surface area contributed by atoms with E-state index < -0.39 is 29.5 Å². The van der Waals surface area contributed by atoms with Crippen molar-refractivity contribution in [2.75, 3.05) is 13.2 Å². The zero-order chi connectivity index (χ0) is 24.1. The Balaban J connectivity index is 1.45. The standard InChI is InChI=1S/C22H21F2N5O5/c23-17-3-2-14(9-18(17)24)22(31)25-11-15-12-29(28-26-15)16(10-21(30)27-32)7-13-1-4-19-20(8-13)34-6-5-33-19/h1-4,8-9,12,16,32H,5-7,10-11H2,(H,25,31)(H,27,30)/t16-/m1/s1. The maximum atomic E-state index is 13.4. The van der Waals surface area contributed by atoms with Gasteiger partial charge in [-0.2, -0.15) is 0 Å². The third-order valence-electron chi connectivity index (χ3n) is 5.17. The number of ether oxygens (including phenoxy) is 2. The molecule has 0 saturated heterocycles. The molecule has 4 rings (SSSR count). The Bertz CT molecular complexity index is 1200. The van der Waals surface area contributed by atoms with Crippen LogP contribution in [0.15, 0.2) is 42.6 Å². The van der Waals surface area contributed by atoms with Crippen molar-refractivity contribution in [3.63, 3.8) is 0 Å². The van der Waals surface area contributed by atoms with Crippen molar-refractivity contribution >= 4 is 11.8 Å². The van der Waals surface area contributed by atoms with Crippen molar-refractivity contribution in [2.24, 2.45) is 0 Å². The van der Waals surface area contributed by atoms with Gasteiger partial charge in [-0.1, -0.05) is 11.3 Å². The second kappa shape index (κ2) is 10.3. The fourth-order valence-electron chi connectivity index (χ4n) is 3.49. The smallest absolute Gasteiger partial charge is 0.251 e. The van der Waals surface area contributed by atoms with Gasteiger partial charge in [0.2, 0.25) is 5.91 Å². The molecular weight excluding hydrogens is 452 g/mol. The molecule has 3 N–H and O–H groups in total. The topological polar surface area (TPSA) is 128 Å². The van der Waals surface area contributed by atoms with Crippen LogP contribution in [0.2, 0.25) is 0 Å². The number of nitrogens with one attached hydrogen (secondary N) is 2. The van der Waals surface area contributed by atoms with E-state index in [1.165, 1.54) is 10.7 Å². The molecule has 1 aliphatic heterocycles. The van der Waals surface area contributed by atoms with E-state index in [0.29, 0.717) is 36.8 Å². The molecule has 1 atom stereocenters. The number of hydroxylamine groups is 1. The maximum absolute atomic E-state index is 13.4. The molecule has 10 nitrogen and oxygen atoms in total. The third kappa shape index (κ3) is 5.46. The largest absolute Gasteiger partial charge is 0.486 e. The van der Waals surface area contributed by atoms with Gasteiger partial charge in [0.1, 0.15) is 18.9 Å². The first-order valence-corrected chi connectivity index (χ1v) is 10.4. The molecule has 0 spiro atoms. The lowest BCUT2D eigenvalue weighted by molar-refractivity contribution is -0.130. The van der Waals surface area contributed by atoms with Crippen LogP contribution in [0.25, 0.3) is 0 Å². The Hall–Kier alpha value is -4.06. The maximum Gasteiger partial charge on any atom is 0.251 e. The summed E-state index contributed by atoms with van der Waals surface area (Å²) in [6.45, 7) is 0.885. The fraction of sp³-hybridized carbons (Fsp3) is 0.273. The van der Waals surface area contributed by atoms with Crippen LogP contribution in [0.1, 0.15) is 34.1 Å². The summed E-state index contributed by atoms with van der Waals surface area (Å²) in [6, 6.07) is 7.79. The molecule has 178 valence electrons. The molecule has 0 radical (unpaired) electrons. The highest BCUT2D eigenvalue weighted by Gasteiger charge is 2.20. The van der Waals surface area contributed by atoms with Gasteiger partial charge in [0, 0.05) is 5.56 Å². The molecule has 1 aromatic heterocycles. The lowest BCUT2D eigenvalue weighted by Crippen LogP contribution is -2.25. The molecule has 34 heavy (non-hydrogen) atoms. The number of carbonyl (C=O) groups excluding carboxylic acids is 2. The van der Waals surface area contributed by atoms with Crippen molar-refractivity contribution in [3.05, 3.63) is 71.1 Å². The lowest BCUT2D eigenvalue weighted by Gasteiger charge is -2.20. The predicted molar refractivity (Wildman–Crippen MR) is 112 cm³/mol. The zero-order valence-electron chi connectivity index (χ0n) is 17.8. The van der Waals surface area contributed by atoms with E-state index in [-0.39, 0.29) is 18.5 Å². The molecule has 2 heterocycles. The Morgan fingerprint density at radius 3 is 2.65 bits per heavy atom. The number of halogens is 2. The monoisotopic (exact) mass is 473 g/mol. The van der Waals surface area contributed by atoms with Crippen LogP contribution in [-0.4, -0.2) is 45.2 Å². The van der Waals surface area contributed by atoms with E-state index in [9.17, 15) is 18.4 Å². The minimum Gasteiger partial charge on any atom is -0.486 e. The number of hydrogen-bond donors (Lipinski definition) is 3. The van der Waals surface area contributed by atoms with Crippen molar-refractivity contribution in [1.82, 2.24) is 25.8 Å². The van der Waals surface area contributed by atoms with Crippen LogP contribution in [0, 0.1) is 11.6 Å². The second-order valence-electron chi connectivity index (χ2n) is 7.58. The van der Waals surface area contributed by atoms with Gasteiger partial charge in [-0.15, -0.1) is 5.10 Å². The van der Waals surface area contributed by atoms with Gasteiger partial charge in [-0.25, -0.2) is 18.9 Å². The van der Waals surface area contributed by atoms with Crippen LogP contribution < -0.4 is 20.3 Å². The number of hydrogen-bond acceptors (Lipinski definition) is 7. The summed E-state index contributed by atoms with van der Waals surface area (Å²) in [5.41, 5.74) is 2.81. The summed E-state index contributed by atoms with van der Waals surface area (Å²) in [4.78, 5) is 24.1. The highest BCUT2D eigenvalue weighted by molar-refractivity contribution is 5.94. The van der Waals surface area contributed by atoms with Gasteiger partial charge >= 0.3 is 0 Å². The third-order valence-corrected chi connectivity index (χ3v) is 5.17. The van der Waals surface area contributed by atoms with Gasteiger partial charge in [0.05, 0.1) is 25.2 Å². The molecule has 0 aliphatic carbocycles. The first kappa shape index (κ1) is 23.1. The average Bonchev–Trinajstić information content (AvgIpc) is 3.32. The Morgan fingerprint density at radius 2 is 1.88 bits per heavy atom. The van der Waals surface area contributed by atoms with Crippen molar-refractivity contribution < 1.29 is 33.1 Å². The minimum atomic E-state index is -1.12. The SMILES string of the molecule is O=C(C[C@@H](Cc1ccc2c(c1)OCCO2)n1cc(CNC(=O)c2ccc(F)c(F)c2)nn1)NO. The number of fused-ring (bicyclic) bond motifs is 1. The summed E-state index contributed by atoms with van der Waals surface area (Å²) in [7, 11) is 0. The van der Waals surface area contributed by atoms with Gasteiger partial charge in [-0.3, -0.25) is 14.8 Å². The summed E-state index contributed by atoms with van der Waals surface area (Å²) < 4.78 is 39.0. The number of rotatable bonds is 8. The van der Waals surface area contributed by atoms with E-state index >= 15 is 0 Å². The van der Waals surface area contributed by atoms with Crippen molar-refractivity contribution in [1.29, 1.82) is 0 Å². The highest BCUT2D eigenvalue weighted by Crippen LogP contribution is 2.32. The van der Waals surface area contributed by atoms with Gasteiger partial charge < -0.3 is 14.8 Å². The van der Waals surface area contributed by atoms with Crippen LogP contribution >= 0.6 is 0 Å². The molecule has 12 heteroatoms. The number of nitrogens with zero attached hydrogens (tertiary/aromatic N) is 3. The molecule has 0 unspecified atom stereocenters.